The first-order valence-electron chi connectivity index (χ1n) is 6.94. The van der Waals surface area contributed by atoms with Gasteiger partial charge in [0.2, 0.25) is 0 Å². The lowest BCUT2D eigenvalue weighted by molar-refractivity contribution is 0.100. The third-order valence-electron chi connectivity index (χ3n) is 3.38. The maximum Gasteiger partial charge on any atom is 0.254 e. The highest BCUT2D eigenvalue weighted by Gasteiger charge is 2.17. The quantitative estimate of drug-likeness (QED) is 0.805. The molecule has 5 N–H and O–H groups in total. The molecule has 2 aromatic rings. The Kier molecular flexibility index (Phi) is 3.65. The Morgan fingerprint density at radius 2 is 2.00 bits per heavy atom. The first-order valence-corrected chi connectivity index (χ1v) is 6.94. The van der Waals surface area contributed by atoms with Crippen LogP contribution in [0, 0.1) is 0 Å². The van der Waals surface area contributed by atoms with Crippen LogP contribution in [0.1, 0.15) is 23.2 Å². The summed E-state index contributed by atoms with van der Waals surface area (Å²) in [6, 6.07) is 7.28. The molecule has 6 nitrogen and oxygen atoms in total. The lowest BCUT2D eigenvalue weighted by Gasteiger charge is -2.10. The fourth-order valence-electron chi connectivity index (χ4n) is 2.31. The van der Waals surface area contributed by atoms with Crippen LogP contribution in [0.25, 0.3) is 11.3 Å². The standard InChI is InChI=1S/C16H16N4O2/c17-15-13(16(18)21)14(19-20-15)10-6-8-12(9-7-10)22-11-4-2-1-3-5-11/h2,4-9H,1,3H2,(H2,18,21)(H3,17,19,20). The molecule has 1 heterocycles. The van der Waals surface area contributed by atoms with Gasteiger partial charge in [0.25, 0.3) is 5.91 Å². The van der Waals surface area contributed by atoms with Crippen molar-refractivity contribution in [2.45, 2.75) is 12.8 Å². The molecule has 0 radical (unpaired) electrons. The number of H-pyrrole nitrogens is 1. The minimum Gasteiger partial charge on any atom is -0.458 e. The van der Waals surface area contributed by atoms with Crippen LogP contribution in [0.3, 0.4) is 0 Å². The van der Waals surface area contributed by atoms with Crippen molar-refractivity contribution >= 4 is 11.7 Å². The molecule has 0 aliphatic heterocycles. The number of carbonyl (C=O) groups excluding carboxylic acids is 1. The van der Waals surface area contributed by atoms with Crippen LogP contribution in [-0.4, -0.2) is 16.1 Å². The maximum absolute atomic E-state index is 11.4. The average molecular weight is 296 g/mol. The fraction of sp³-hybridized carbons (Fsp3) is 0.125. The number of nitrogen functional groups attached to an aromatic ring is 1. The van der Waals surface area contributed by atoms with Crippen LogP contribution in [0.15, 0.2) is 48.3 Å². The number of aromatic amines is 1. The summed E-state index contributed by atoms with van der Waals surface area (Å²) >= 11 is 0. The molecule has 112 valence electrons. The number of nitrogens with two attached hydrogens (primary N) is 2. The van der Waals surface area contributed by atoms with Crippen molar-refractivity contribution in [1.82, 2.24) is 10.2 Å². The zero-order valence-corrected chi connectivity index (χ0v) is 11.9. The molecule has 1 aromatic carbocycles. The number of aromatic nitrogens is 2. The fourth-order valence-corrected chi connectivity index (χ4v) is 2.31. The molecule has 1 aromatic heterocycles. The first kappa shape index (κ1) is 13.9. The monoisotopic (exact) mass is 296 g/mol. The molecule has 6 heteroatoms. The van der Waals surface area contributed by atoms with Crippen molar-refractivity contribution in [2.75, 3.05) is 5.73 Å². The highest BCUT2D eigenvalue weighted by molar-refractivity contribution is 6.03. The van der Waals surface area contributed by atoms with E-state index in [1.165, 1.54) is 0 Å². The van der Waals surface area contributed by atoms with Gasteiger partial charge >= 0.3 is 0 Å². The highest BCUT2D eigenvalue weighted by atomic mass is 16.5. The number of hydrogen-bond acceptors (Lipinski definition) is 4. The topological polar surface area (TPSA) is 107 Å². The van der Waals surface area contributed by atoms with E-state index in [1.807, 2.05) is 30.3 Å². The third-order valence-corrected chi connectivity index (χ3v) is 3.38. The molecule has 1 aliphatic carbocycles. The molecule has 1 amide bonds. The maximum atomic E-state index is 11.4. The number of hydrogen-bond donors (Lipinski definition) is 3. The minimum atomic E-state index is -0.612. The van der Waals surface area contributed by atoms with E-state index < -0.39 is 5.91 Å². The van der Waals surface area contributed by atoms with E-state index in [4.69, 9.17) is 16.2 Å². The SMILES string of the molecule is NC(=O)c1c(N)n[nH]c1-c1ccc(OC2=CCCC=C2)cc1. The summed E-state index contributed by atoms with van der Waals surface area (Å²) < 4.78 is 5.76. The van der Waals surface area contributed by atoms with E-state index in [9.17, 15) is 4.79 Å². The Morgan fingerprint density at radius 3 is 2.64 bits per heavy atom. The van der Waals surface area contributed by atoms with Gasteiger partial charge in [-0.15, -0.1) is 0 Å². The van der Waals surface area contributed by atoms with Crippen molar-refractivity contribution in [3.63, 3.8) is 0 Å². The van der Waals surface area contributed by atoms with Crippen LogP contribution in [-0.2, 0) is 0 Å². The van der Waals surface area contributed by atoms with Crippen molar-refractivity contribution in [1.29, 1.82) is 0 Å². The zero-order valence-electron chi connectivity index (χ0n) is 11.9. The van der Waals surface area contributed by atoms with Gasteiger partial charge < -0.3 is 16.2 Å². The van der Waals surface area contributed by atoms with Crippen LogP contribution in [0.2, 0.25) is 0 Å². The largest absolute Gasteiger partial charge is 0.458 e. The van der Waals surface area contributed by atoms with Crippen LogP contribution >= 0.6 is 0 Å². The molecule has 3 rings (SSSR count). The van der Waals surface area contributed by atoms with E-state index in [0.29, 0.717) is 5.69 Å². The van der Waals surface area contributed by atoms with Gasteiger partial charge in [-0.2, -0.15) is 5.10 Å². The summed E-state index contributed by atoms with van der Waals surface area (Å²) in [6.07, 6.45) is 8.12. The van der Waals surface area contributed by atoms with Crippen molar-refractivity contribution in [3.8, 4) is 17.0 Å². The lowest BCUT2D eigenvalue weighted by atomic mass is 10.1. The number of ether oxygens (including phenoxy) is 1. The van der Waals surface area contributed by atoms with Crippen molar-refractivity contribution in [2.24, 2.45) is 5.73 Å². The van der Waals surface area contributed by atoms with E-state index >= 15 is 0 Å². The number of anilines is 1. The molecule has 0 saturated carbocycles. The molecule has 0 spiro atoms. The van der Waals surface area contributed by atoms with Gasteiger partial charge in [0, 0.05) is 5.56 Å². The van der Waals surface area contributed by atoms with Gasteiger partial charge in [-0.1, -0.05) is 6.08 Å². The van der Waals surface area contributed by atoms with Crippen LogP contribution in [0.5, 0.6) is 5.75 Å². The highest BCUT2D eigenvalue weighted by Crippen LogP contribution is 2.27. The van der Waals surface area contributed by atoms with Gasteiger partial charge in [0.1, 0.15) is 17.1 Å². The number of rotatable bonds is 4. The summed E-state index contributed by atoms with van der Waals surface area (Å²) in [6.45, 7) is 0. The molecule has 0 atom stereocenters. The van der Waals surface area contributed by atoms with E-state index in [0.717, 1.165) is 29.9 Å². The lowest BCUT2D eigenvalue weighted by Crippen LogP contribution is -2.13. The van der Waals surface area contributed by atoms with Crippen LogP contribution < -0.4 is 16.2 Å². The molecule has 0 saturated heterocycles. The van der Waals surface area contributed by atoms with Crippen molar-refractivity contribution < 1.29 is 9.53 Å². The van der Waals surface area contributed by atoms with Gasteiger partial charge in [-0.25, -0.2) is 0 Å². The third kappa shape index (κ3) is 2.71. The number of nitrogens with one attached hydrogen (secondary N) is 1. The van der Waals surface area contributed by atoms with E-state index in [1.54, 1.807) is 0 Å². The predicted octanol–water partition coefficient (Wildman–Crippen LogP) is 2.37. The Bertz CT molecular complexity index is 757. The molecule has 0 bridgehead atoms. The van der Waals surface area contributed by atoms with E-state index in [-0.39, 0.29) is 11.4 Å². The Labute approximate surface area is 127 Å². The van der Waals surface area contributed by atoms with E-state index in [2.05, 4.69) is 22.3 Å². The second-order valence-corrected chi connectivity index (χ2v) is 4.94. The second kappa shape index (κ2) is 5.77. The van der Waals surface area contributed by atoms with Crippen molar-refractivity contribution in [3.05, 3.63) is 53.8 Å². The zero-order chi connectivity index (χ0) is 15.5. The predicted molar refractivity (Wildman–Crippen MR) is 84.0 cm³/mol. The smallest absolute Gasteiger partial charge is 0.254 e. The summed E-state index contributed by atoms with van der Waals surface area (Å²) in [5.41, 5.74) is 12.5. The second-order valence-electron chi connectivity index (χ2n) is 4.94. The Balaban J connectivity index is 1.84. The summed E-state index contributed by atoms with van der Waals surface area (Å²) in [4.78, 5) is 11.4. The average Bonchev–Trinajstić information content (AvgIpc) is 2.91. The first-order chi connectivity index (χ1) is 10.6. The number of primary amides is 1. The number of carbonyl (C=O) groups is 1. The Morgan fingerprint density at radius 1 is 1.23 bits per heavy atom. The van der Waals surface area contributed by atoms with Gasteiger partial charge in [-0.05, 0) is 49.3 Å². The normalized spacial score (nSPS) is 13.7. The summed E-state index contributed by atoms with van der Waals surface area (Å²) in [5, 5.41) is 6.57. The molecule has 22 heavy (non-hydrogen) atoms. The molecule has 0 fully saturated rings. The van der Waals surface area contributed by atoms with Gasteiger partial charge in [0.05, 0.1) is 5.69 Å². The molecule has 1 aliphatic rings. The van der Waals surface area contributed by atoms with Gasteiger partial charge in [0.15, 0.2) is 5.82 Å². The summed E-state index contributed by atoms with van der Waals surface area (Å²) in [5.74, 6) is 1.04. The molecular formula is C16H16N4O2. The molecule has 0 unspecified atom stereocenters. The Hall–Kier alpha value is -3.02. The number of nitrogens with zero attached hydrogens (tertiary/aromatic N) is 1. The number of amides is 1. The minimum absolute atomic E-state index is 0.0975. The summed E-state index contributed by atoms with van der Waals surface area (Å²) in [7, 11) is 0. The van der Waals surface area contributed by atoms with Gasteiger partial charge in [-0.3, -0.25) is 9.89 Å². The number of allylic oxidation sites excluding steroid dienone is 3. The number of benzene rings is 1. The molecular weight excluding hydrogens is 280 g/mol. The van der Waals surface area contributed by atoms with Crippen LogP contribution in [0.4, 0.5) is 5.82 Å².